The van der Waals surface area contributed by atoms with E-state index in [1.165, 1.54) is 12.1 Å². The van der Waals surface area contributed by atoms with E-state index in [0.717, 1.165) is 12.8 Å². The van der Waals surface area contributed by atoms with Crippen molar-refractivity contribution < 1.29 is 22.4 Å². The van der Waals surface area contributed by atoms with Crippen molar-refractivity contribution >= 4 is 33.6 Å². The van der Waals surface area contributed by atoms with E-state index >= 15 is 0 Å². The minimum atomic E-state index is -3.91. The predicted molar refractivity (Wildman–Crippen MR) is 126 cm³/mol. The van der Waals surface area contributed by atoms with Gasteiger partial charge < -0.3 is 15.2 Å². The first kappa shape index (κ1) is 25.9. The summed E-state index contributed by atoms with van der Waals surface area (Å²) in [6, 6.07) is 2.19. The molecule has 13 heteroatoms. The van der Waals surface area contributed by atoms with Crippen molar-refractivity contribution in [1.29, 1.82) is 0 Å². The fourth-order valence-electron chi connectivity index (χ4n) is 3.98. The fourth-order valence-corrected chi connectivity index (χ4v) is 5.45. The molecule has 186 valence electrons. The third-order valence-electron chi connectivity index (χ3n) is 5.50. The number of hydrogen-bond donors (Lipinski definition) is 4. The van der Waals surface area contributed by atoms with Gasteiger partial charge in [-0.25, -0.2) is 22.6 Å². The van der Waals surface area contributed by atoms with Gasteiger partial charge in [-0.3, -0.25) is 10.2 Å². The Kier molecular flexibility index (Phi) is 8.50. The van der Waals surface area contributed by atoms with Gasteiger partial charge in [0.1, 0.15) is 0 Å². The van der Waals surface area contributed by atoms with Crippen molar-refractivity contribution in [2.24, 2.45) is 13.0 Å². The number of imidazole rings is 1. The molecule has 3 amide bonds. The van der Waals surface area contributed by atoms with Crippen LogP contribution in [0.15, 0.2) is 24.7 Å². The molecule has 1 fully saturated rings. The Morgan fingerprint density at radius 2 is 2.06 bits per heavy atom. The Labute approximate surface area is 202 Å². The molecule has 10 nitrogen and oxygen atoms in total. The van der Waals surface area contributed by atoms with Crippen LogP contribution in [0.4, 0.5) is 9.18 Å². The smallest absolute Gasteiger partial charge is 0.314 e. The highest BCUT2D eigenvalue weighted by Gasteiger charge is 2.28. The molecular weight excluding hydrogens is 487 g/mol. The number of carbonyl (C=O) groups excluding carboxylic acids is 2. The van der Waals surface area contributed by atoms with Gasteiger partial charge in [0.2, 0.25) is 10.0 Å². The number of amides is 3. The number of nitrogens with zero attached hydrogens (tertiary/aromatic N) is 2. The first-order valence-electron chi connectivity index (χ1n) is 10.9. The van der Waals surface area contributed by atoms with E-state index in [4.69, 9.17) is 11.6 Å². The van der Waals surface area contributed by atoms with E-state index in [1.54, 1.807) is 24.1 Å². The van der Waals surface area contributed by atoms with Crippen molar-refractivity contribution in [2.45, 2.75) is 38.6 Å². The molecule has 1 aromatic heterocycles. The monoisotopic (exact) mass is 514 g/mol. The Bertz CT molecular complexity index is 1160. The third-order valence-corrected chi connectivity index (χ3v) is 7.10. The third kappa shape index (κ3) is 6.90. The summed E-state index contributed by atoms with van der Waals surface area (Å²) in [5.74, 6) is -2.39. The first-order valence-corrected chi connectivity index (χ1v) is 12.9. The average molecular weight is 515 g/mol. The van der Waals surface area contributed by atoms with Crippen LogP contribution in [0.1, 0.15) is 43.0 Å². The molecule has 0 saturated heterocycles. The number of benzene rings is 1. The van der Waals surface area contributed by atoms with Gasteiger partial charge in [-0.1, -0.05) is 18.0 Å². The van der Waals surface area contributed by atoms with Gasteiger partial charge in [0, 0.05) is 31.4 Å². The molecule has 4 N–H and O–H groups in total. The molecule has 1 saturated carbocycles. The lowest BCUT2D eigenvalue weighted by Gasteiger charge is -2.29. The van der Waals surface area contributed by atoms with Crippen LogP contribution >= 0.6 is 11.6 Å². The maximum atomic E-state index is 14.5. The van der Waals surface area contributed by atoms with Gasteiger partial charge in [-0.15, -0.1) is 4.83 Å². The second-order valence-electron chi connectivity index (χ2n) is 8.31. The molecule has 1 aliphatic carbocycles. The SMILES string of the molecule is CCNC(=O)N[C@@H]1CCC[C@H](CS(=O)(=O)NNC(=O)c2cc(-c3cn(C)cn3)cc(Cl)c2F)C1. The summed E-state index contributed by atoms with van der Waals surface area (Å²) >= 11 is 5.95. The van der Waals surface area contributed by atoms with Gasteiger partial charge >= 0.3 is 6.03 Å². The lowest BCUT2D eigenvalue weighted by atomic mass is 9.87. The van der Waals surface area contributed by atoms with Crippen LogP contribution in [0.3, 0.4) is 0 Å². The summed E-state index contributed by atoms with van der Waals surface area (Å²) in [5, 5.41) is 5.21. The number of hydrazine groups is 1. The second kappa shape index (κ2) is 11.2. The molecule has 0 bridgehead atoms. The second-order valence-corrected chi connectivity index (χ2v) is 10.5. The molecule has 1 aromatic carbocycles. The van der Waals surface area contributed by atoms with Gasteiger partial charge in [-0.2, -0.15) is 0 Å². The number of nitrogens with one attached hydrogen (secondary N) is 4. The zero-order chi connectivity index (χ0) is 24.9. The molecule has 1 aliphatic rings. The Morgan fingerprint density at radius 3 is 2.74 bits per heavy atom. The van der Waals surface area contributed by atoms with Crippen LogP contribution in [0.25, 0.3) is 11.3 Å². The molecule has 0 aliphatic heterocycles. The number of sulfonamides is 1. The molecule has 2 aromatic rings. The van der Waals surface area contributed by atoms with E-state index in [1.807, 2.05) is 11.8 Å². The number of rotatable bonds is 8. The Balaban J connectivity index is 1.61. The zero-order valence-corrected chi connectivity index (χ0v) is 20.5. The molecule has 1 heterocycles. The average Bonchev–Trinajstić information content (AvgIpc) is 3.20. The maximum Gasteiger partial charge on any atom is 0.314 e. The summed E-state index contributed by atoms with van der Waals surface area (Å²) in [6.45, 7) is 2.31. The molecule has 0 unspecified atom stereocenters. The summed E-state index contributed by atoms with van der Waals surface area (Å²) in [4.78, 5) is 30.5. The maximum absolute atomic E-state index is 14.5. The number of aromatic nitrogens is 2. The largest absolute Gasteiger partial charge is 0.340 e. The Morgan fingerprint density at radius 1 is 1.29 bits per heavy atom. The van der Waals surface area contributed by atoms with Gasteiger partial charge in [0.15, 0.2) is 5.82 Å². The minimum absolute atomic E-state index is 0.124. The summed E-state index contributed by atoms with van der Waals surface area (Å²) in [5.41, 5.74) is 2.53. The Hall–Kier alpha value is -2.70. The summed E-state index contributed by atoms with van der Waals surface area (Å²) in [7, 11) is -2.15. The number of aryl methyl sites for hydroxylation is 1. The lowest BCUT2D eigenvalue weighted by Crippen LogP contribution is -2.47. The van der Waals surface area contributed by atoms with Crippen LogP contribution in [0.2, 0.25) is 5.02 Å². The van der Waals surface area contributed by atoms with Crippen LogP contribution in [-0.4, -0.2) is 48.2 Å². The van der Waals surface area contributed by atoms with Gasteiger partial charge in [0.25, 0.3) is 5.91 Å². The molecule has 2 atom stereocenters. The van der Waals surface area contributed by atoms with E-state index in [0.29, 0.717) is 30.6 Å². The van der Waals surface area contributed by atoms with E-state index in [2.05, 4.69) is 21.0 Å². The molecule has 34 heavy (non-hydrogen) atoms. The number of hydrogen-bond acceptors (Lipinski definition) is 5. The molecule has 0 radical (unpaired) electrons. The standard InChI is InChI=1S/C21H28ClFN6O4S/c1-3-24-21(31)26-15-6-4-5-13(7-15)11-34(32,33)28-27-20(30)16-8-14(9-17(22)19(16)23)18-10-29(2)12-25-18/h8-10,12-13,15,28H,3-7,11H2,1-2H3,(H,27,30)(H2,24,26,31)/t13-,15+/m0/s1. The predicted octanol–water partition coefficient (Wildman–Crippen LogP) is 2.32. The highest BCUT2D eigenvalue weighted by Crippen LogP contribution is 2.27. The fraction of sp³-hybridized carbons (Fsp3) is 0.476. The number of halogens is 2. The van der Waals surface area contributed by atoms with Crippen LogP contribution < -0.4 is 20.9 Å². The zero-order valence-electron chi connectivity index (χ0n) is 18.9. The highest BCUT2D eigenvalue weighted by molar-refractivity contribution is 7.89. The topological polar surface area (TPSA) is 134 Å². The van der Waals surface area contributed by atoms with E-state index in [-0.39, 0.29) is 28.8 Å². The van der Waals surface area contributed by atoms with Gasteiger partial charge in [-0.05, 0) is 44.2 Å². The lowest BCUT2D eigenvalue weighted by molar-refractivity contribution is 0.0941. The number of urea groups is 1. The minimum Gasteiger partial charge on any atom is -0.340 e. The van der Waals surface area contributed by atoms with Crippen molar-refractivity contribution in [3.63, 3.8) is 0 Å². The van der Waals surface area contributed by atoms with Crippen molar-refractivity contribution in [3.05, 3.63) is 41.1 Å². The molecule has 0 spiro atoms. The van der Waals surface area contributed by atoms with Crippen molar-refractivity contribution in [3.8, 4) is 11.3 Å². The van der Waals surface area contributed by atoms with E-state index in [9.17, 15) is 22.4 Å². The van der Waals surface area contributed by atoms with E-state index < -0.39 is 27.3 Å². The molecule has 3 rings (SSSR count). The summed E-state index contributed by atoms with van der Waals surface area (Å²) in [6.07, 6.45) is 5.94. The van der Waals surface area contributed by atoms with Gasteiger partial charge in [0.05, 0.1) is 28.4 Å². The highest BCUT2D eigenvalue weighted by atomic mass is 35.5. The van der Waals surface area contributed by atoms with Crippen molar-refractivity contribution in [1.82, 2.24) is 30.4 Å². The molecular formula is C21H28ClFN6O4S. The first-order chi connectivity index (χ1) is 16.1. The quantitative estimate of drug-likeness (QED) is 0.401. The van der Waals surface area contributed by atoms with Crippen LogP contribution in [0.5, 0.6) is 0 Å². The van der Waals surface area contributed by atoms with Crippen LogP contribution in [-0.2, 0) is 17.1 Å². The van der Waals surface area contributed by atoms with Crippen molar-refractivity contribution in [2.75, 3.05) is 12.3 Å². The summed E-state index contributed by atoms with van der Waals surface area (Å²) < 4.78 is 41.3. The van der Waals surface area contributed by atoms with Crippen LogP contribution in [0, 0.1) is 11.7 Å². The normalized spacial score (nSPS) is 18.4. The number of carbonyl (C=O) groups is 2.